The normalized spacial score (nSPS) is 20.4. The number of pyridine rings is 1. The minimum Gasteiger partial charge on any atom is -0.390 e. The lowest BCUT2D eigenvalue weighted by atomic mass is 9.98. The standard InChI is InChI=1S/C25H35N5O2/c1-29-11-4-5-19(16-29)14-27-24-13-21(8-10-26-24)25(32)28-15-23(31)18-30-12-9-20-6-2-3-7-22(20)17-30/h2-3,6-8,10,13,19,23,31H,4-5,9,11-12,14-18H2,1H3,(H,26,27)(H,28,32)/t19?,23-/m0/s1. The molecular weight excluding hydrogens is 402 g/mol. The van der Waals surface area contributed by atoms with Gasteiger partial charge in [-0.25, -0.2) is 4.98 Å². The van der Waals surface area contributed by atoms with Gasteiger partial charge in [-0.2, -0.15) is 0 Å². The van der Waals surface area contributed by atoms with E-state index in [0.717, 1.165) is 38.4 Å². The smallest absolute Gasteiger partial charge is 0.251 e. The number of piperidine rings is 1. The Morgan fingerprint density at radius 1 is 1.25 bits per heavy atom. The maximum Gasteiger partial charge on any atom is 0.251 e. The predicted molar refractivity (Wildman–Crippen MR) is 127 cm³/mol. The monoisotopic (exact) mass is 437 g/mol. The number of hydrogen-bond acceptors (Lipinski definition) is 6. The molecule has 1 aromatic carbocycles. The average Bonchev–Trinajstić information content (AvgIpc) is 2.81. The minimum absolute atomic E-state index is 0.184. The van der Waals surface area contributed by atoms with E-state index in [-0.39, 0.29) is 12.5 Å². The van der Waals surface area contributed by atoms with Crippen LogP contribution in [0.3, 0.4) is 0 Å². The van der Waals surface area contributed by atoms with Crippen molar-refractivity contribution in [3.8, 4) is 0 Å². The molecule has 0 bridgehead atoms. The van der Waals surface area contributed by atoms with Gasteiger partial charge in [-0.05, 0) is 62.0 Å². The van der Waals surface area contributed by atoms with Crippen LogP contribution in [0.2, 0.25) is 0 Å². The number of hydrogen-bond donors (Lipinski definition) is 3. The van der Waals surface area contributed by atoms with Crippen LogP contribution in [0.1, 0.15) is 34.3 Å². The van der Waals surface area contributed by atoms with E-state index in [0.29, 0.717) is 18.0 Å². The number of rotatable bonds is 8. The molecule has 2 aliphatic heterocycles. The van der Waals surface area contributed by atoms with E-state index in [1.165, 1.54) is 30.5 Å². The summed E-state index contributed by atoms with van der Waals surface area (Å²) in [7, 11) is 2.16. The number of carbonyl (C=O) groups excluding carboxylic acids is 1. The topological polar surface area (TPSA) is 80.7 Å². The van der Waals surface area contributed by atoms with E-state index in [4.69, 9.17) is 0 Å². The number of likely N-dealkylation sites (tertiary alicyclic amines) is 1. The molecular formula is C25H35N5O2. The first-order valence-electron chi connectivity index (χ1n) is 11.7. The van der Waals surface area contributed by atoms with Gasteiger partial charge in [0.2, 0.25) is 0 Å². The van der Waals surface area contributed by atoms with Crippen molar-refractivity contribution >= 4 is 11.7 Å². The first kappa shape index (κ1) is 22.7. The van der Waals surface area contributed by atoms with Crippen molar-refractivity contribution in [2.75, 3.05) is 51.6 Å². The van der Waals surface area contributed by atoms with E-state index in [9.17, 15) is 9.90 Å². The predicted octanol–water partition coefficient (Wildman–Crippen LogP) is 1.98. The van der Waals surface area contributed by atoms with Crippen molar-refractivity contribution in [2.45, 2.75) is 31.9 Å². The number of aromatic nitrogens is 1. The molecule has 0 aliphatic carbocycles. The Balaban J connectivity index is 1.22. The molecule has 3 heterocycles. The second-order valence-electron chi connectivity index (χ2n) is 9.20. The van der Waals surface area contributed by atoms with Crippen molar-refractivity contribution in [1.82, 2.24) is 20.1 Å². The van der Waals surface area contributed by atoms with Crippen molar-refractivity contribution in [1.29, 1.82) is 0 Å². The Labute approximate surface area is 190 Å². The van der Waals surface area contributed by atoms with Crippen LogP contribution < -0.4 is 10.6 Å². The third-order valence-electron chi connectivity index (χ3n) is 6.49. The molecule has 1 unspecified atom stereocenters. The largest absolute Gasteiger partial charge is 0.390 e. The summed E-state index contributed by atoms with van der Waals surface area (Å²) < 4.78 is 0. The Kier molecular flexibility index (Phi) is 7.73. The lowest BCUT2D eigenvalue weighted by molar-refractivity contribution is 0.0842. The highest BCUT2D eigenvalue weighted by atomic mass is 16.3. The fraction of sp³-hybridized carbons (Fsp3) is 0.520. The van der Waals surface area contributed by atoms with Crippen LogP contribution in [0.25, 0.3) is 0 Å². The SMILES string of the molecule is CN1CCCC(CNc2cc(C(=O)NC[C@H](O)CN3CCc4ccccc4C3)ccn2)C1. The maximum absolute atomic E-state index is 12.6. The summed E-state index contributed by atoms with van der Waals surface area (Å²) in [6.45, 7) is 5.68. The van der Waals surface area contributed by atoms with Crippen molar-refractivity contribution in [2.24, 2.45) is 5.92 Å². The van der Waals surface area contributed by atoms with Gasteiger partial charge >= 0.3 is 0 Å². The fourth-order valence-electron chi connectivity index (χ4n) is 4.74. The lowest BCUT2D eigenvalue weighted by Gasteiger charge is -2.30. The van der Waals surface area contributed by atoms with E-state index < -0.39 is 6.10 Å². The number of anilines is 1. The summed E-state index contributed by atoms with van der Waals surface area (Å²) in [6, 6.07) is 12.0. The Hall–Kier alpha value is -2.48. The number of aliphatic hydroxyl groups excluding tert-OH is 1. The van der Waals surface area contributed by atoms with Gasteiger partial charge in [-0.1, -0.05) is 24.3 Å². The highest BCUT2D eigenvalue weighted by Crippen LogP contribution is 2.19. The van der Waals surface area contributed by atoms with E-state index in [2.05, 4.69) is 56.7 Å². The van der Waals surface area contributed by atoms with Crippen LogP contribution in [0.15, 0.2) is 42.6 Å². The number of amides is 1. The van der Waals surface area contributed by atoms with Gasteiger partial charge in [-0.3, -0.25) is 9.69 Å². The van der Waals surface area contributed by atoms with Crippen LogP contribution in [0.4, 0.5) is 5.82 Å². The number of β-amino-alcohol motifs (C(OH)–C–C–N with tert-alkyl or cyclic N) is 1. The highest BCUT2D eigenvalue weighted by Gasteiger charge is 2.20. The van der Waals surface area contributed by atoms with Gasteiger partial charge in [0.05, 0.1) is 6.10 Å². The molecule has 0 saturated carbocycles. The number of carbonyl (C=O) groups is 1. The number of nitrogens with one attached hydrogen (secondary N) is 2. The zero-order valence-corrected chi connectivity index (χ0v) is 19.0. The summed E-state index contributed by atoms with van der Waals surface area (Å²) in [6.07, 6.45) is 4.50. The lowest BCUT2D eigenvalue weighted by Crippen LogP contribution is -2.42. The number of aliphatic hydroxyl groups is 1. The molecule has 2 atom stereocenters. The molecule has 4 rings (SSSR count). The van der Waals surface area contributed by atoms with Gasteiger partial charge < -0.3 is 20.6 Å². The van der Waals surface area contributed by atoms with E-state index >= 15 is 0 Å². The summed E-state index contributed by atoms with van der Waals surface area (Å²) >= 11 is 0. The third kappa shape index (κ3) is 6.28. The minimum atomic E-state index is -0.605. The average molecular weight is 438 g/mol. The molecule has 2 aliphatic rings. The van der Waals surface area contributed by atoms with Crippen molar-refractivity contribution in [3.05, 3.63) is 59.3 Å². The number of nitrogens with zero attached hydrogens (tertiary/aromatic N) is 3. The molecule has 1 saturated heterocycles. The molecule has 2 aromatic rings. The Morgan fingerprint density at radius 3 is 2.94 bits per heavy atom. The summed E-state index contributed by atoms with van der Waals surface area (Å²) in [5, 5.41) is 16.7. The maximum atomic E-state index is 12.6. The highest BCUT2D eigenvalue weighted by molar-refractivity contribution is 5.94. The van der Waals surface area contributed by atoms with Gasteiger partial charge in [0.25, 0.3) is 5.91 Å². The molecule has 172 valence electrons. The van der Waals surface area contributed by atoms with Crippen LogP contribution in [-0.4, -0.2) is 78.2 Å². The van der Waals surface area contributed by atoms with Crippen LogP contribution in [0, 0.1) is 5.92 Å². The van der Waals surface area contributed by atoms with Crippen molar-refractivity contribution < 1.29 is 9.90 Å². The summed E-state index contributed by atoms with van der Waals surface area (Å²) in [5.41, 5.74) is 3.28. The number of fused-ring (bicyclic) bond motifs is 1. The zero-order valence-electron chi connectivity index (χ0n) is 19.0. The molecule has 32 heavy (non-hydrogen) atoms. The van der Waals surface area contributed by atoms with Gasteiger partial charge in [0.15, 0.2) is 0 Å². The number of benzene rings is 1. The molecule has 7 nitrogen and oxygen atoms in total. The van der Waals surface area contributed by atoms with Crippen molar-refractivity contribution in [3.63, 3.8) is 0 Å². The summed E-state index contributed by atoms with van der Waals surface area (Å²) in [4.78, 5) is 21.6. The second-order valence-corrected chi connectivity index (χ2v) is 9.20. The van der Waals surface area contributed by atoms with E-state index in [1.54, 1.807) is 18.3 Å². The first-order valence-corrected chi connectivity index (χ1v) is 11.7. The fourth-order valence-corrected chi connectivity index (χ4v) is 4.74. The quantitative estimate of drug-likeness (QED) is 0.586. The van der Waals surface area contributed by atoms with Crippen LogP contribution >= 0.6 is 0 Å². The molecule has 1 aromatic heterocycles. The Morgan fingerprint density at radius 2 is 2.09 bits per heavy atom. The molecule has 1 amide bonds. The third-order valence-corrected chi connectivity index (χ3v) is 6.49. The van der Waals surface area contributed by atoms with Gasteiger partial charge in [-0.15, -0.1) is 0 Å². The molecule has 7 heteroatoms. The van der Waals surface area contributed by atoms with Crippen LogP contribution in [-0.2, 0) is 13.0 Å². The zero-order chi connectivity index (χ0) is 22.3. The molecule has 1 fully saturated rings. The summed E-state index contributed by atoms with van der Waals surface area (Å²) in [5.74, 6) is 1.14. The second kappa shape index (κ2) is 10.9. The molecule has 0 radical (unpaired) electrons. The van der Waals surface area contributed by atoms with Gasteiger partial charge in [0, 0.05) is 51.0 Å². The van der Waals surface area contributed by atoms with Gasteiger partial charge in [0.1, 0.15) is 5.82 Å². The van der Waals surface area contributed by atoms with E-state index in [1.807, 2.05) is 0 Å². The van der Waals surface area contributed by atoms with Crippen LogP contribution in [0.5, 0.6) is 0 Å². The molecule has 3 N–H and O–H groups in total. The Bertz CT molecular complexity index is 905. The molecule has 0 spiro atoms. The first-order chi connectivity index (χ1) is 15.6.